The minimum Gasteiger partial charge on any atom is -0.486 e. The number of aromatic nitrogens is 2. The van der Waals surface area contributed by atoms with Crippen molar-refractivity contribution >= 4 is 22.4 Å². The molecule has 0 aliphatic carbocycles. The number of rotatable bonds is 2. The van der Waals surface area contributed by atoms with Crippen LogP contribution < -0.4 is 14.8 Å². The monoisotopic (exact) mass is 329 g/mol. The molecular formula is C17H13F2N3O2. The second kappa shape index (κ2) is 5.59. The van der Waals surface area contributed by atoms with Gasteiger partial charge in [0.2, 0.25) is 0 Å². The molecule has 7 heteroatoms. The molecule has 2 aromatic carbocycles. The summed E-state index contributed by atoms with van der Waals surface area (Å²) in [5.74, 6) is 0.485. The lowest BCUT2D eigenvalue weighted by molar-refractivity contribution is 0.172. The third-order valence-electron chi connectivity index (χ3n) is 3.77. The van der Waals surface area contributed by atoms with E-state index in [-0.39, 0.29) is 11.3 Å². The maximum absolute atomic E-state index is 14.2. The lowest BCUT2D eigenvalue weighted by Crippen LogP contribution is -2.15. The molecular weight excluding hydrogens is 316 g/mol. The molecule has 1 aliphatic heterocycles. The molecule has 1 aromatic heterocycles. The number of nitrogens with zero attached hydrogens (tertiary/aromatic N) is 2. The Hall–Kier alpha value is -2.96. The van der Waals surface area contributed by atoms with E-state index in [0.717, 1.165) is 12.1 Å². The average Bonchev–Trinajstić information content (AvgIpc) is 2.58. The van der Waals surface area contributed by atoms with Gasteiger partial charge in [-0.05, 0) is 24.6 Å². The van der Waals surface area contributed by atoms with Crippen LogP contribution in [-0.2, 0) is 0 Å². The molecule has 0 unspecified atom stereocenters. The Morgan fingerprint density at radius 2 is 1.75 bits per heavy atom. The van der Waals surface area contributed by atoms with Crippen LogP contribution in [0.5, 0.6) is 11.5 Å². The Kier molecular flexibility index (Phi) is 3.41. The number of benzene rings is 2. The van der Waals surface area contributed by atoms with E-state index in [0.29, 0.717) is 41.4 Å². The van der Waals surface area contributed by atoms with Crippen LogP contribution in [0.25, 0.3) is 10.9 Å². The number of anilines is 2. The molecule has 3 aromatic rings. The second-order valence-electron chi connectivity index (χ2n) is 5.44. The number of fused-ring (bicyclic) bond motifs is 2. The lowest BCUT2D eigenvalue weighted by atomic mass is 10.1. The molecule has 0 fully saturated rings. The topological polar surface area (TPSA) is 56.3 Å². The van der Waals surface area contributed by atoms with Crippen LogP contribution in [0.4, 0.5) is 20.3 Å². The first-order valence-corrected chi connectivity index (χ1v) is 7.39. The Bertz CT molecular complexity index is 947. The molecule has 0 saturated heterocycles. The summed E-state index contributed by atoms with van der Waals surface area (Å²) in [6, 6.07) is 5.70. The number of aryl methyl sites for hydroxylation is 1. The molecule has 0 bridgehead atoms. The molecule has 5 nitrogen and oxygen atoms in total. The van der Waals surface area contributed by atoms with Gasteiger partial charge in [0.05, 0.1) is 11.2 Å². The summed E-state index contributed by atoms with van der Waals surface area (Å²) in [5, 5.41) is 3.47. The van der Waals surface area contributed by atoms with Gasteiger partial charge in [-0.2, -0.15) is 0 Å². The van der Waals surface area contributed by atoms with E-state index >= 15 is 0 Å². The van der Waals surface area contributed by atoms with Crippen LogP contribution in [0, 0.1) is 18.6 Å². The average molecular weight is 329 g/mol. The van der Waals surface area contributed by atoms with E-state index < -0.39 is 11.6 Å². The van der Waals surface area contributed by atoms with Gasteiger partial charge in [0.25, 0.3) is 0 Å². The molecule has 24 heavy (non-hydrogen) atoms. The molecule has 0 radical (unpaired) electrons. The fourth-order valence-corrected chi connectivity index (χ4v) is 2.64. The van der Waals surface area contributed by atoms with E-state index in [4.69, 9.17) is 9.47 Å². The van der Waals surface area contributed by atoms with Crippen LogP contribution in [0.1, 0.15) is 5.56 Å². The molecule has 122 valence electrons. The van der Waals surface area contributed by atoms with Crippen LogP contribution in [0.15, 0.2) is 30.6 Å². The van der Waals surface area contributed by atoms with Gasteiger partial charge in [0.1, 0.15) is 37.0 Å². The van der Waals surface area contributed by atoms with Crippen molar-refractivity contribution in [2.75, 3.05) is 18.5 Å². The number of halogens is 2. The number of ether oxygens (including phenoxy) is 2. The summed E-state index contributed by atoms with van der Waals surface area (Å²) in [6.45, 7) is 2.43. The third-order valence-corrected chi connectivity index (χ3v) is 3.77. The molecule has 4 rings (SSSR count). The van der Waals surface area contributed by atoms with E-state index in [9.17, 15) is 8.78 Å². The largest absolute Gasteiger partial charge is 0.486 e. The van der Waals surface area contributed by atoms with Gasteiger partial charge >= 0.3 is 0 Å². The first-order chi connectivity index (χ1) is 11.6. The molecule has 0 saturated carbocycles. The standard InChI is InChI=1S/C17H13F2N3O2/c1-9-4-10(18)5-13(16(9)19)22-17-11-6-14-15(24-3-2-23-14)7-12(11)20-8-21-17/h4-8H,2-3H2,1H3,(H,20,21,22). The van der Waals surface area contributed by atoms with Gasteiger partial charge in [-0.1, -0.05) is 0 Å². The van der Waals surface area contributed by atoms with Crippen molar-refractivity contribution in [1.29, 1.82) is 0 Å². The first-order valence-electron chi connectivity index (χ1n) is 7.39. The normalized spacial score (nSPS) is 13.1. The van der Waals surface area contributed by atoms with Crippen molar-refractivity contribution in [3.05, 3.63) is 47.8 Å². The highest BCUT2D eigenvalue weighted by Crippen LogP contribution is 2.36. The van der Waals surface area contributed by atoms with Gasteiger partial charge in [0, 0.05) is 17.5 Å². The third kappa shape index (κ3) is 2.47. The summed E-state index contributed by atoms with van der Waals surface area (Å²) in [6.07, 6.45) is 1.35. The van der Waals surface area contributed by atoms with Crippen molar-refractivity contribution in [3.8, 4) is 11.5 Å². The van der Waals surface area contributed by atoms with Crippen LogP contribution in [0.2, 0.25) is 0 Å². The lowest BCUT2D eigenvalue weighted by Gasteiger charge is -2.19. The zero-order valence-corrected chi connectivity index (χ0v) is 12.8. The maximum Gasteiger partial charge on any atom is 0.163 e. The van der Waals surface area contributed by atoms with Gasteiger partial charge < -0.3 is 14.8 Å². The number of hydrogen-bond acceptors (Lipinski definition) is 5. The highest BCUT2D eigenvalue weighted by Gasteiger charge is 2.16. The van der Waals surface area contributed by atoms with E-state index in [1.807, 2.05) is 0 Å². The minimum absolute atomic E-state index is 0.0161. The van der Waals surface area contributed by atoms with Crippen molar-refractivity contribution < 1.29 is 18.3 Å². The Morgan fingerprint density at radius 3 is 2.54 bits per heavy atom. The first kappa shape index (κ1) is 14.6. The fourth-order valence-electron chi connectivity index (χ4n) is 2.64. The van der Waals surface area contributed by atoms with Gasteiger partial charge in [-0.3, -0.25) is 0 Å². The highest BCUT2D eigenvalue weighted by molar-refractivity contribution is 5.93. The second-order valence-corrected chi connectivity index (χ2v) is 5.44. The van der Waals surface area contributed by atoms with Gasteiger partial charge in [-0.25, -0.2) is 18.7 Å². The zero-order valence-electron chi connectivity index (χ0n) is 12.8. The Morgan fingerprint density at radius 1 is 1.00 bits per heavy atom. The van der Waals surface area contributed by atoms with Gasteiger partial charge in [0.15, 0.2) is 11.5 Å². The van der Waals surface area contributed by atoms with Crippen LogP contribution in [-0.4, -0.2) is 23.2 Å². The smallest absolute Gasteiger partial charge is 0.163 e. The number of nitrogens with one attached hydrogen (secondary N) is 1. The summed E-state index contributed by atoms with van der Waals surface area (Å²) < 4.78 is 38.9. The Labute approximate surface area is 136 Å². The van der Waals surface area contributed by atoms with E-state index in [1.165, 1.54) is 13.3 Å². The quantitative estimate of drug-likeness (QED) is 0.776. The van der Waals surface area contributed by atoms with Gasteiger partial charge in [-0.15, -0.1) is 0 Å². The summed E-state index contributed by atoms with van der Waals surface area (Å²) >= 11 is 0. The summed E-state index contributed by atoms with van der Waals surface area (Å²) in [5.41, 5.74) is 0.845. The predicted molar refractivity (Wildman–Crippen MR) is 84.9 cm³/mol. The van der Waals surface area contributed by atoms with Crippen LogP contribution >= 0.6 is 0 Å². The Balaban J connectivity index is 1.82. The highest BCUT2D eigenvalue weighted by atomic mass is 19.1. The zero-order chi connectivity index (χ0) is 16.7. The minimum atomic E-state index is -0.527. The molecule has 2 heterocycles. The van der Waals surface area contributed by atoms with Crippen LogP contribution in [0.3, 0.4) is 0 Å². The predicted octanol–water partition coefficient (Wildman–Crippen LogP) is 3.73. The SMILES string of the molecule is Cc1cc(F)cc(Nc2ncnc3cc4c(cc23)OCCO4)c1F. The molecule has 1 aliphatic rings. The molecule has 0 atom stereocenters. The molecule has 0 spiro atoms. The number of hydrogen-bond donors (Lipinski definition) is 1. The molecule has 1 N–H and O–H groups in total. The summed E-state index contributed by atoms with van der Waals surface area (Å²) in [4.78, 5) is 8.34. The van der Waals surface area contributed by atoms with Crippen molar-refractivity contribution in [2.24, 2.45) is 0 Å². The van der Waals surface area contributed by atoms with Crippen molar-refractivity contribution in [2.45, 2.75) is 6.92 Å². The van der Waals surface area contributed by atoms with Crippen molar-refractivity contribution in [1.82, 2.24) is 9.97 Å². The molecule has 0 amide bonds. The van der Waals surface area contributed by atoms with Crippen molar-refractivity contribution in [3.63, 3.8) is 0 Å². The fraction of sp³-hybridized carbons (Fsp3) is 0.176. The summed E-state index contributed by atoms with van der Waals surface area (Å²) in [7, 11) is 0. The van der Waals surface area contributed by atoms with E-state index in [2.05, 4.69) is 15.3 Å². The maximum atomic E-state index is 14.2. The van der Waals surface area contributed by atoms with E-state index in [1.54, 1.807) is 12.1 Å².